The molecule has 4 aromatic rings. The number of aryl methyl sites for hydroxylation is 1. The number of imidazole rings is 1. The van der Waals surface area contributed by atoms with Gasteiger partial charge in [0.1, 0.15) is 5.65 Å². The third-order valence-electron chi connectivity index (χ3n) is 4.17. The van der Waals surface area contributed by atoms with Crippen LogP contribution in [-0.4, -0.2) is 19.4 Å². The summed E-state index contributed by atoms with van der Waals surface area (Å²) in [6.45, 7) is 2.53. The van der Waals surface area contributed by atoms with Gasteiger partial charge in [-0.1, -0.05) is 29.8 Å². The van der Waals surface area contributed by atoms with Crippen molar-refractivity contribution in [3.63, 3.8) is 0 Å². The topological polar surface area (TPSA) is 95.1 Å². The Morgan fingerprint density at radius 2 is 1.84 bits per heavy atom. The maximum Gasteiger partial charge on any atom is 0.220 e. The molecule has 0 bridgehead atoms. The maximum absolute atomic E-state index is 5.79. The summed E-state index contributed by atoms with van der Waals surface area (Å²) in [6.07, 6.45) is 3.63. The van der Waals surface area contributed by atoms with Gasteiger partial charge in [-0.3, -0.25) is 4.40 Å². The minimum Gasteiger partial charge on any atom is -0.368 e. The molecular weight excluding hydrogens is 312 g/mol. The van der Waals surface area contributed by atoms with Gasteiger partial charge in [0.15, 0.2) is 0 Å². The molecule has 4 N–H and O–H groups in total. The van der Waals surface area contributed by atoms with E-state index in [1.807, 2.05) is 28.8 Å². The Kier molecular flexibility index (Phi) is 3.66. The molecule has 0 saturated carbocycles. The van der Waals surface area contributed by atoms with E-state index in [4.69, 9.17) is 16.5 Å². The monoisotopic (exact) mass is 330 g/mol. The highest BCUT2D eigenvalue weighted by atomic mass is 15.1. The van der Waals surface area contributed by atoms with Crippen LogP contribution in [0.3, 0.4) is 0 Å². The summed E-state index contributed by atoms with van der Waals surface area (Å²) >= 11 is 0. The van der Waals surface area contributed by atoms with E-state index in [0.717, 1.165) is 33.9 Å². The number of nitrogens with zero attached hydrogens (tertiary/aromatic N) is 4. The standard InChI is InChI=1S/C19H18N6/c1-12-2-4-14(5-3-12)17-18(15-6-8-22-19(21)23-15)25-9-7-13(11-20)10-16(25)24-17/h2-10H,11,20H2,1H3,(H2,21,22,23). The van der Waals surface area contributed by atoms with Crippen molar-refractivity contribution in [2.24, 2.45) is 5.73 Å². The largest absolute Gasteiger partial charge is 0.368 e. The number of nitrogen functional groups attached to an aromatic ring is 1. The summed E-state index contributed by atoms with van der Waals surface area (Å²) in [6, 6.07) is 14.1. The first-order valence-corrected chi connectivity index (χ1v) is 8.02. The molecule has 0 radical (unpaired) electrons. The lowest BCUT2D eigenvalue weighted by Gasteiger charge is -2.06. The van der Waals surface area contributed by atoms with E-state index in [1.165, 1.54) is 5.56 Å². The number of fused-ring (bicyclic) bond motifs is 1. The summed E-state index contributed by atoms with van der Waals surface area (Å²) in [5, 5.41) is 0. The smallest absolute Gasteiger partial charge is 0.220 e. The molecule has 0 spiro atoms. The van der Waals surface area contributed by atoms with Crippen molar-refractivity contribution in [1.82, 2.24) is 19.4 Å². The Morgan fingerprint density at radius 3 is 2.56 bits per heavy atom. The Balaban J connectivity index is 2.03. The van der Waals surface area contributed by atoms with E-state index in [2.05, 4.69) is 41.2 Å². The van der Waals surface area contributed by atoms with Crippen LogP contribution in [0.2, 0.25) is 0 Å². The highest BCUT2D eigenvalue weighted by molar-refractivity contribution is 5.80. The Labute approximate surface area is 145 Å². The molecular formula is C19H18N6. The van der Waals surface area contributed by atoms with Gasteiger partial charge in [-0.25, -0.2) is 15.0 Å². The molecule has 0 aliphatic heterocycles. The minimum atomic E-state index is 0.237. The lowest BCUT2D eigenvalue weighted by atomic mass is 10.1. The van der Waals surface area contributed by atoms with Crippen molar-refractivity contribution in [3.8, 4) is 22.6 Å². The van der Waals surface area contributed by atoms with Gasteiger partial charge in [-0.05, 0) is 30.7 Å². The van der Waals surface area contributed by atoms with Gasteiger partial charge in [-0.15, -0.1) is 0 Å². The molecule has 0 atom stereocenters. The van der Waals surface area contributed by atoms with E-state index in [9.17, 15) is 0 Å². The maximum atomic E-state index is 5.79. The zero-order chi connectivity index (χ0) is 17.4. The van der Waals surface area contributed by atoms with Gasteiger partial charge in [-0.2, -0.15) is 0 Å². The number of rotatable bonds is 3. The molecule has 0 aliphatic rings. The van der Waals surface area contributed by atoms with Gasteiger partial charge in [0.2, 0.25) is 5.95 Å². The average Bonchev–Trinajstić information content (AvgIpc) is 3.00. The normalized spacial score (nSPS) is 11.1. The number of hydrogen-bond acceptors (Lipinski definition) is 5. The quantitative estimate of drug-likeness (QED) is 0.602. The molecule has 0 amide bonds. The highest BCUT2D eigenvalue weighted by Gasteiger charge is 2.17. The van der Waals surface area contributed by atoms with Crippen molar-refractivity contribution in [2.45, 2.75) is 13.5 Å². The highest BCUT2D eigenvalue weighted by Crippen LogP contribution is 2.32. The molecule has 25 heavy (non-hydrogen) atoms. The molecule has 3 heterocycles. The molecule has 1 aromatic carbocycles. The van der Waals surface area contributed by atoms with Crippen LogP contribution in [0.4, 0.5) is 5.95 Å². The molecule has 6 heteroatoms. The fourth-order valence-corrected chi connectivity index (χ4v) is 2.88. The third-order valence-corrected chi connectivity index (χ3v) is 4.17. The summed E-state index contributed by atoms with van der Waals surface area (Å²) < 4.78 is 2.01. The summed E-state index contributed by atoms with van der Waals surface area (Å²) in [4.78, 5) is 13.2. The molecule has 0 aliphatic carbocycles. The SMILES string of the molecule is Cc1ccc(-c2nc3cc(CN)ccn3c2-c2ccnc(N)n2)cc1. The first-order valence-electron chi connectivity index (χ1n) is 8.02. The predicted octanol–water partition coefficient (Wildman–Crippen LogP) is 2.81. The van der Waals surface area contributed by atoms with Gasteiger partial charge >= 0.3 is 0 Å². The number of nitrogens with two attached hydrogens (primary N) is 2. The van der Waals surface area contributed by atoms with Gasteiger partial charge < -0.3 is 11.5 Å². The third kappa shape index (κ3) is 2.72. The zero-order valence-electron chi connectivity index (χ0n) is 13.8. The van der Waals surface area contributed by atoms with Crippen LogP contribution in [0, 0.1) is 6.92 Å². The second-order valence-electron chi connectivity index (χ2n) is 5.94. The van der Waals surface area contributed by atoms with E-state index >= 15 is 0 Å². The number of aromatic nitrogens is 4. The lowest BCUT2D eigenvalue weighted by Crippen LogP contribution is -1.99. The second kappa shape index (κ2) is 5.99. The van der Waals surface area contributed by atoms with Crippen molar-refractivity contribution in [3.05, 3.63) is 66.0 Å². The number of pyridine rings is 1. The first-order chi connectivity index (χ1) is 12.2. The summed E-state index contributed by atoms with van der Waals surface area (Å²) in [5.41, 5.74) is 18.1. The fraction of sp³-hybridized carbons (Fsp3) is 0.105. The zero-order valence-corrected chi connectivity index (χ0v) is 13.8. The van der Waals surface area contributed by atoms with E-state index in [1.54, 1.807) is 6.20 Å². The molecule has 3 aromatic heterocycles. The second-order valence-corrected chi connectivity index (χ2v) is 5.94. The Hall–Kier alpha value is -3.25. The van der Waals surface area contributed by atoms with Crippen molar-refractivity contribution in [2.75, 3.05) is 5.73 Å². The Bertz CT molecular complexity index is 1050. The van der Waals surface area contributed by atoms with Crippen LogP contribution < -0.4 is 11.5 Å². The lowest BCUT2D eigenvalue weighted by molar-refractivity contribution is 1.05. The molecule has 0 fully saturated rings. The van der Waals surface area contributed by atoms with Crippen LogP contribution in [0.1, 0.15) is 11.1 Å². The number of anilines is 1. The van der Waals surface area contributed by atoms with Crippen LogP contribution in [0.15, 0.2) is 54.9 Å². The van der Waals surface area contributed by atoms with Crippen molar-refractivity contribution < 1.29 is 0 Å². The molecule has 124 valence electrons. The van der Waals surface area contributed by atoms with Gasteiger partial charge in [0, 0.05) is 24.5 Å². The fourth-order valence-electron chi connectivity index (χ4n) is 2.88. The van der Waals surface area contributed by atoms with Gasteiger partial charge in [0.25, 0.3) is 0 Å². The summed E-state index contributed by atoms with van der Waals surface area (Å²) in [7, 11) is 0. The molecule has 0 unspecified atom stereocenters. The van der Waals surface area contributed by atoms with Crippen LogP contribution in [0.25, 0.3) is 28.3 Å². The number of hydrogen-bond donors (Lipinski definition) is 2. The van der Waals surface area contributed by atoms with Gasteiger partial charge in [0.05, 0.1) is 17.1 Å². The first kappa shape index (κ1) is 15.3. The molecule has 0 saturated heterocycles. The van der Waals surface area contributed by atoms with E-state index in [0.29, 0.717) is 6.54 Å². The minimum absolute atomic E-state index is 0.237. The van der Waals surface area contributed by atoms with Crippen LogP contribution >= 0.6 is 0 Å². The Morgan fingerprint density at radius 1 is 1.04 bits per heavy atom. The molecule has 4 rings (SSSR count). The van der Waals surface area contributed by atoms with Crippen LogP contribution in [-0.2, 0) is 6.54 Å². The van der Waals surface area contributed by atoms with E-state index in [-0.39, 0.29) is 5.95 Å². The van der Waals surface area contributed by atoms with E-state index < -0.39 is 0 Å². The van der Waals surface area contributed by atoms with Crippen molar-refractivity contribution >= 4 is 11.6 Å². The van der Waals surface area contributed by atoms with Crippen molar-refractivity contribution in [1.29, 1.82) is 0 Å². The average molecular weight is 330 g/mol. The number of benzene rings is 1. The summed E-state index contributed by atoms with van der Waals surface area (Å²) in [5.74, 6) is 0.237. The predicted molar refractivity (Wildman–Crippen MR) is 98.7 cm³/mol. The van der Waals surface area contributed by atoms with Crippen LogP contribution in [0.5, 0.6) is 0 Å². The molecule has 6 nitrogen and oxygen atoms in total.